The summed E-state index contributed by atoms with van der Waals surface area (Å²) in [5.41, 5.74) is 6.22. The maximum atomic E-state index is 5.90. The van der Waals surface area contributed by atoms with Crippen LogP contribution in [0.4, 0.5) is 0 Å². The summed E-state index contributed by atoms with van der Waals surface area (Å²) in [6.07, 6.45) is 1.30. The quantitative estimate of drug-likeness (QED) is 0.722. The number of likely N-dealkylation sites (N-methyl/N-ethyl adjacent to an activating group) is 2. The number of rotatable bonds is 3. The standard InChI is InChI=1S/C10H21N3S/c1-12-4-3-9(5-12)13(2)10(6-11)7-14-8-10/h9H,3-8,11H2,1-2H3. The number of likely N-dealkylation sites (tertiary alicyclic amines) is 1. The van der Waals surface area contributed by atoms with Crippen LogP contribution in [0, 0.1) is 0 Å². The van der Waals surface area contributed by atoms with Gasteiger partial charge in [-0.25, -0.2) is 0 Å². The van der Waals surface area contributed by atoms with Crippen molar-refractivity contribution in [3.8, 4) is 0 Å². The number of hydrogen-bond donors (Lipinski definition) is 1. The molecule has 0 saturated carbocycles. The fraction of sp³-hybridized carbons (Fsp3) is 1.00. The van der Waals surface area contributed by atoms with Crippen molar-refractivity contribution < 1.29 is 0 Å². The van der Waals surface area contributed by atoms with Gasteiger partial charge < -0.3 is 10.6 Å². The van der Waals surface area contributed by atoms with Crippen LogP contribution in [0.15, 0.2) is 0 Å². The minimum Gasteiger partial charge on any atom is -0.329 e. The fourth-order valence-corrected chi connectivity index (χ4v) is 3.74. The average Bonchev–Trinajstić information content (AvgIpc) is 2.50. The summed E-state index contributed by atoms with van der Waals surface area (Å²) >= 11 is 2.02. The number of hydrogen-bond acceptors (Lipinski definition) is 4. The topological polar surface area (TPSA) is 32.5 Å². The van der Waals surface area contributed by atoms with Gasteiger partial charge in [0.15, 0.2) is 0 Å². The molecule has 0 radical (unpaired) electrons. The molecule has 0 aromatic rings. The Labute approximate surface area is 91.0 Å². The van der Waals surface area contributed by atoms with Gasteiger partial charge in [-0.3, -0.25) is 4.90 Å². The zero-order chi connectivity index (χ0) is 10.2. The highest BCUT2D eigenvalue weighted by atomic mass is 32.2. The molecule has 1 atom stereocenters. The Bertz CT molecular complexity index is 200. The lowest BCUT2D eigenvalue weighted by Gasteiger charge is -2.50. The van der Waals surface area contributed by atoms with E-state index in [-0.39, 0.29) is 0 Å². The first-order valence-electron chi connectivity index (χ1n) is 5.37. The van der Waals surface area contributed by atoms with Gasteiger partial charge in [0.1, 0.15) is 0 Å². The van der Waals surface area contributed by atoms with Crippen molar-refractivity contribution in [2.75, 3.05) is 45.2 Å². The van der Waals surface area contributed by atoms with E-state index in [9.17, 15) is 0 Å². The zero-order valence-corrected chi connectivity index (χ0v) is 10.0. The smallest absolute Gasteiger partial charge is 0.0512 e. The van der Waals surface area contributed by atoms with E-state index < -0.39 is 0 Å². The molecule has 2 aliphatic rings. The second kappa shape index (κ2) is 4.00. The molecule has 2 aliphatic heterocycles. The SMILES string of the molecule is CN1CCC(N(C)C2(CN)CSC2)C1. The molecule has 2 N–H and O–H groups in total. The zero-order valence-electron chi connectivity index (χ0n) is 9.20. The molecule has 2 heterocycles. The molecule has 2 saturated heterocycles. The molecule has 4 heteroatoms. The summed E-state index contributed by atoms with van der Waals surface area (Å²) in [5.74, 6) is 2.44. The summed E-state index contributed by atoms with van der Waals surface area (Å²) in [7, 11) is 4.47. The maximum Gasteiger partial charge on any atom is 0.0512 e. The van der Waals surface area contributed by atoms with E-state index in [1.807, 2.05) is 11.8 Å². The number of nitrogens with zero attached hydrogens (tertiary/aromatic N) is 2. The fourth-order valence-electron chi connectivity index (χ4n) is 2.42. The Kier molecular flexibility index (Phi) is 3.07. The van der Waals surface area contributed by atoms with Crippen LogP contribution in [-0.2, 0) is 0 Å². The Morgan fingerprint density at radius 1 is 1.57 bits per heavy atom. The summed E-state index contributed by atoms with van der Waals surface area (Å²) in [6, 6.07) is 0.726. The van der Waals surface area contributed by atoms with Crippen LogP contribution >= 0.6 is 11.8 Å². The predicted molar refractivity (Wildman–Crippen MR) is 62.8 cm³/mol. The summed E-state index contributed by atoms with van der Waals surface area (Å²) in [6.45, 7) is 3.27. The van der Waals surface area contributed by atoms with Crippen LogP contribution in [0.5, 0.6) is 0 Å². The van der Waals surface area contributed by atoms with Crippen molar-refractivity contribution in [3.05, 3.63) is 0 Å². The molecule has 0 amide bonds. The lowest BCUT2D eigenvalue weighted by atomic mass is 9.99. The lowest BCUT2D eigenvalue weighted by Crippen LogP contribution is -2.64. The van der Waals surface area contributed by atoms with Gasteiger partial charge in [0.2, 0.25) is 0 Å². The average molecular weight is 215 g/mol. The van der Waals surface area contributed by atoms with Crippen LogP contribution in [0.25, 0.3) is 0 Å². The Morgan fingerprint density at radius 3 is 2.64 bits per heavy atom. The second-order valence-corrected chi connectivity index (χ2v) is 5.72. The normalized spacial score (nSPS) is 32.1. The molecule has 0 aliphatic carbocycles. The van der Waals surface area contributed by atoms with Gasteiger partial charge in [-0.2, -0.15) is 11.8 Å². The molecule has 0 aromatic heterocycles. The van der Waals surface area contributed by atoms with E-state index in [1.165, 1.54) is 31.0 Å². The molecule has 2 rings (SSSR count). The van der Waals surface area contributed by atoms with Crippen LogP contribution in [0.1, 0.15) is 6.42 Å². The van der Waals surface area contributed by atoms with Crippen molar-refractivity contribution in [1.82, 2.24) is 9.80 Å². The Hall–Kier alpha value is 0.230. The molecule has 0 bridgehead atoms. The monoisotopic (exact) mass is 215 g/mol. The Balaban J connectivity index is 1.96. The predicted octanol–water partition coefficient (Wildman–Crippen LogP) is 0.0666. The molecular formula is C10H21N3S. The molecule has 14 heavy (non-hydrogen) atoms. The maximum absolute atomic E-state index is 5.90. The van der Waals surface area contributed by atoms with Crippen molar-refractivity contribution in [2.24, 2.45) is 5.73 Å². The minimum absolute atomic E-state index is 0.320. The van der Waals surface area contributed by atoms with E-state index in [1.54, 1.807) is 0 Å². The van der Waals surface area contributed by atoms with Crippen LogP contribution < -0.4 is 5.73 Å². The number of nitrogens with two attached hydrogens (primary N) is 1. The van der Waals surface area contributed by atoms with Gasteiger partial charge in [0.25, 0.3) is 0 Å². The lowest BCUT2D eigenvalue weighted by molar-refractivity contribution is 0.110. The third-order valence-electron chi connectivity index (χ3n) is 3.78. The summed E-state index contributed by atoms with van der Waals surface area (Å²) < 4.78 is 0. The van der Waals surface area contributed by atoms with E-state index >= 15 is 0 Å². The summed E-state index contributed by atoms with van der Waals surface area (Å²) in [4.78, 5) is 4.96. The first-order chi connectivity index (χ1) is 6.68. The van der Waals surface area contributed by atoms with Crippen LogP contribution in [-0.4, -0.2) is 66.6 Å². The van der Waals surface area contributed by atoms with Gasteiger partial charge in [-0.15, -0.1) is 0 Å². The summed E-state index contributed by atoms with van der Waals surface area (Å²) in [5, 5.41) is 0. The van der Waals surface area contributed by atoms with Gasteiger partial charge in [0.05, 0.1) is 5.54 Å². The van der Waals surface area contributed by atoms with Crippen molar-refractivity contribution >= 4 is 11.8 Å². The minimum atomic E-state index is 0.320. The molecule has 0 aromatic carbocycles. The highest BCUT2D eigenvalue weighted by Gasteiger charge is 2.43. The highest BCUT2D eigenvalue weighted by molar-refractivity contribution is 8.00. The number of thioether (sulfide) groups is 1. The van der Waals surface area contributed by atoms with Gasteiger partial charge in [-0.1, -0.05) is 0 Å². The molecule has 2 fully saturated rings. The highest BCUT2D eigenvalue weighted by Crippen LogP contribution is 2.35. The largest absolute Gasteiger partial charge is 0.329 e. The van der Waals surface area contributed by atoms with E-state index in [2.05, 4.69) is 23.9 Å². The molecule has 0 spiro atoms. The van der Waals surface area contributed by atoms with Crippen molar-refractivity contribution in [3.63, 3.8) is 0 Å². The van der Waals surface area contributed by atoms with Gasteiger partial charge in [-0.05, 0) is 27.1 Å². The molecule has 1 unspecified atom stereocenters. The van der Waals surface area contributed by atoms with Gasteiger partial charge in [0, 0.05) is 30.6 Å². The second-order valence-electron chi connectivity index (χ2n) is 4.74. The van der Waals surface area contributed by atoms with E-state index in [4.69, 9.17) is 5.73 Å². The Morgan fingerprint density at radius 2 is 2.29 bits per heavy atom. The third kappa shape index (κ3) is 1.69. The van der Waals surface area contributed by atoms with E-state index in [0.717, 1.165) is 12.6 Å². The van der Waals surface area contributed by atoms with Crippen molar-refractivity contribution in [1.29, 1.82) is 0 Å². The van der Waals surface area contributed by atoms with E-state index in [0.29, 0.717) is 5.54 Å². The first-order valence-corrected chi connectivity index (χ1v) is 6.53. The van der Waals surface area contributed by atoms with Gasteiger partial charge >= 0.3 is 0 Å². The van der Waals surface area contributed by atoms with Crippen LogP contribution in [0.2, 0.25) is 0 Å². The molecular weight excluding hydrogens is 194 g/mol. The molecule has 3 nitrogen and oxygen atoms in total. The molecule has 82 valence electrons. The van der Waals surface area contributed by atoms with Crippen molar-refractivity contribution in [2.45, 2.75) is 18.0 Å². The third-order valence-corrected chi connectivity index (χ3v) is 5.27. The van der Waals surface area contributed by atoms with Crippen LogP contribution in [0.3, 0.4) is 0 Å². The first kappa shape index (κ1) is 10.7.